The molecule has 8 heteroatoms. The van der Waals surface area contributed by atoms with Gasteiger partial charge in [0, 0.05) is 33.4 Å². The number of ether oxygens (including phenoxy) is 1. The highest BCUT2D eigenvalue weighted by atomic mass is 79.9. The summed E-state index contributed by atoms with van der Waals surface area (Å²) in [5, 5.41) is 2.90. The smallest absolute Gasteiger partial charge is 0.339 e. The van der Waals surface area contributed by atoms with Crippen LogP contribution in [-0.4, -0.2) is 24.3 Å². The number of fused-ring (bicyclic) bond motifs is 3. The number of carbonyl (C=O) groups is 3. The van der Waals surface area contributed by atoms with Gasteiger partial charge in [0.1, 0.15) is 16.8 Å². The Hall–Kier alpha value is -3.39. The second-order valence-corrected chi connectivity index (χ2v) is 9.94. The van der Waals surface area contributed by atoms with E-state index in [4.69, 9.17) is 10.5 Å². The summed E-state index contributed by atoms with van der Waals surface area (Å²) in [6.07, 6.45) is 1.46. The minimum absolute atomic E-state index is 0.0244. The van der Waals surface area contributed by atoms with Gasteiger partial charge >= 0.3 is 5.97 Å². The number of esters is 1. The number of anilines is 2. The molecule has 180 valence electrons. The summed E-state index contributed by atoms with van der Waals surface area (Å²) in [7, 11) is 0. The molecule has 2 aliphatic heterocycles. The summed E-state index contributed by atoms with van der Waals surface area (Å²) < 4.78 is 6.17. The van der Waals surface area contributed by atoms with Crippen molar-refractivity contribution in [2.24, 2.45) is 5.73 Å². The van der Waals surface area contributed by atoms with Crippen molar-refractivity contribution < 1.29 is 19.1 Å². The fourth-order valence-electron chi connectivity index (χ4n) is 5.54. The second kappa shape index (κ2) is 8.37. The monoisotopic (exact) mass is 535 g/mol. The predicted molar refractivity (Wildman–Crippen MR) is 137 cm³/mol. The van der Waals surface area contributed by atoms with Crippen molar-refractivity contribution in [3.8, 4) is 0 Å². The van der Waals surface area contributed by atoms with Crippen molar-refractivity contribution >= 4 is 45.0 Å². The number of hydrogen-bond donors (Lipinski definition) is 2. The van der Waals surface area contributed by atoms with Crippen molar-refractivity contribution in [2.75, 3.05) is 16.8 Å². The van der Waals surface area contributed by atoms with Crippen LogP contribution in [0.1, 0.15) is 42.9 Å². The first-order valence-electron chi connectivity index (χ1n) is 11.6. The molecule has 2 heterocycles. The first-order chi connectivity index (χ1) is 16.7. The lowest BCUT2D eigenvalue weighted by molar-refractivity contribution is -0.140. The zero-order valence-electron chi connectivity index (χ0n) is 19.8. The fourth-order valence-corrected chi connectivity index (χ4v) is 5.90. The number of nitrogens with two attached hydrogens (primary N) is 1. The van der Waals surface area contributed by atoms with Gasteiger partial charge in [-0.05, 0) is 69.0 Å². The van der Waals surface area contributed by atoms with E-state index in [0.717, 1.165) is 21.3 Å². The number of amides is 1. The third kappa shape index (κ3) is 3.19. The van der Waals surface area contributed by atoms with Crippen LogP contribution in [-0.2, 0) is 24.5 Å². The lowest BCUT2D eigenvalue weighted by atomic mass is 9.63. The van der Waals surface area contributed by atoms with Crippen LogP contribution in [0.3, 0.4) is 0 Å². The van der Waals surface area contributed by atoms with Crippen molar-refractivity contribution in [3.63, 3.8) is 0 Å². The topological polar surface area (TPSA) is 102 Å². The Morgan fingerprint density at radius 2 is 1.97 bits per heavy atom. The van der Waals surface area contributed by atoms with Crippen molar-refractivity contribution in [2.45, 2.75) is 45.4 Å². The SMILES string of the molecule is CCOC(=O)C1=C(N)N(c2cccc(C)c2C)C2=C(C(=O)CCC2)C12C(=O)Nc1ccc(Br)cc12. The molecule has 0 saturated carbocycles. The molecule has 3 aliphatic rings. The molecule has 1 aliphatic carbocycles. The van der Waals surface area contributed by atoms with Crippen LogP contribution < -0.4 is 16.0 Å². The normalized spacial score (nSPS) is 21.3. The molecule has 0 fully saturated rings. The fraction of sp³-hybridized carbons (Fsp3) is 0.296. The number of ketones is 1. The highest BCUT2D eigenvalue weighted by Crippen LogP contribution is 2.56. The van der Waals surface area contributed by atoms with Crippen LogP contribution in [0.4, 0.5) is 11.4 Å². The van der Waals surface area contributed by atoms with Gasteiger partial charge in [0.25, 0.3) is 0 Å². The maximum atomic E-state index is 13.9. The number of rotatable bonds is 3. The van der Waals surface area contributed by atoms with Crippen LogP contribution in [0.5, 0.6) is 0 Å². The molecule has 1 amide bonds. The van der Waals surface area contributed by atoms with E-state index >= 15 is 0 Å². The third-order valence-corrected chi connectivity index (χ3v) is 7.67. The summed E-state index contributed by atoms with van der Waals surface area (Å²) in [6.45, 7) is 5.77. The molecule has 1 unspecified atom stereocenters. The van der Waals surface area contributed by atoms with E-state index in [1.54, 1.807) is 30.0 Å². The quantitative estimate of drug-likeness (QED) is 0.560. The summed E-state index contributed by atoms with van der Waals surface area (Å²) in [6, 6.07) is 11.2. The van der Waals surface area contributed by atoms with E-state index in [0.29, 0.717) is 35.4 Å². The van der Waals surface area contributed by atoms with Gasteiger partial charge in [-0.15, -0.1) is 0 Å². The van der Waals surface area contributed by atoms with Gasteiger partial charge in [-0.25, -0.2) is 4.79 Å². The van der Waals surface area contributed by atoms with E-state index < -0.39 is 17.3 Å². The predicted octanol–water partition coefficient (Wildman–Crippen LogP) is 4.52. The Kier molecular flexibility index (Phi) is 5.59. The summed E-state index contributed by atoms with van der Waals surface area (Å²) in [5.41, 5.74) is 9.94. The summed E-state index contributed by atoms with van der Waals surface area (Å²) in [4.78, 5) is 43.0. The zero-order valence-corrected chi connectivity index (χ0v) is 21.4. The molecule has 7 nitrogen and oxygen atoms in total. The molecular formula is C27H26BrN3O4. The van der Waals surface area contributed by atoms with Gasteiger partial charge in [-0.3, -0.25) is 14.5 Å². The molecule has 1 atom stereocenters. The van der Waals surface area contributed by atoms with Crippen LogP contribution in [0.15, 0.2) is 63.5 Å². The highest BCUT2D eigenvalue weighted by Gasteiger charge is 2.62. The first-order valence-corrected chi connectivity index (χ1v) is 12.4. The Morgan fingerprint density at radius 1 is 1.20 bits per heavy atom. The largest absolute Gasteiger partial charge is 0.462 e. The Balaban J connectivity index is 1.93. The lowest BCUT2D eigenvalue weighted by Crippen LogP contribution is -2.53. The standard InChI is InChI=1S/C27H26BrN3O4/c1-4-35-25(33)23-24(29)31(19-8-5-7-14(2)15(19)3)20-9-6-10-21(32)22(20)27(23)17-13-16(28)11-12-18(17)30-26(27)34/h5,7-8,11-13H,4,6,9-10,29H2,1-3H3,(H,30,34). The molecule has 0 saturated heterocycles. The van der Waals surface area contributed by atoms with Crippen LogP contribution >= 0.6 is 15.9 Å². The minimum atomic E-state index is -1.68. The highest BCUT2D eigenvalue weighted by molar-refractivity contribution is 9.10. The second-order valence-electron chi connectivity index (χ2n) is 9.03. The van der Waals surface area contributed by atoms with E-state index in [9.17, 15) is 14.4 Å². The molecule has 1 spiro atoms. The number of allylic oxidation sites excluding steroid dienone is 1. The van der Waals surface area contributed by atoms with E-state index in [2.05, 4.69) is 21.2 Å². The van der Waals surface area contributed by atoms with Crippen LogP contribution in [0, 0.1) is 13.8 Å². The van der Waals surface area contributed by atoms with Crippen LogP contribution in [0.25, 0.3) is 0 Å². The van der Waals surface area contributed by atoms with Crippen molar-refractivity contribution in [3.05, 3.63) is 80.2 Å². The molecule has 2 aromatic rings. The van der Waals surface area contributed by atoms with Gasteiger partial charge < -0.3 is 15.8 Å². The number of nitrogens with one attached hydrogen (secondary N) is 1. The van der Waals surface area contributed by atoms with Crippen molar-refractivity contribution in [1.82, 2.24) is 0 Å². The molecule has 35 heavy (non-hydrogen) atoms. The molecular weight excluding hydrogens is 510 g/mol. The zero-order chi connectivity index (χ0) is 25.1. The van der Waals surface area contributed by atoms with E-state index in [1.165, 1.54) is 0 Å². The Bertz CT molecular complexity index is 1380. The van der Waals surface area contributed by atoms with Crippen LogP contribution in [0.2, 0.25) is 0 Å². The summed E-state index contributed by atoms with van der Waals surface area (Å²) >= 11 is 3.49. The Morgan fingerprint density at radius 3 is 2.71 bits per heavy atom. The van der Waals surface area contributed by atoms with Gasteiger partial charge in [-0.2, -0.15) is 0 Å². The minimum Gasteiger partial charge on any atom is -0.462 e. The number of nitrogens with zero attached hydrogens (tertiary/aromatic N) is 1. The lowest BCUT2D eigenvalue weighted by Gasteiger charge is -2.45. The Labute approximate surface area is 212 Å². The van der Waals surface area contributed by atoms with E-state index in [-0.39, 0.29) is 30.2 Å². The van der Waals surface area contributed by atoms with Gasteiger partial charge in [0.15, 0.2) is 5.78 Å². The third-order valence-electron chi connectivity index (χ3n) is 7.17. The average Bonchev–Trinajstić information content (AvgIpc) is 3.08. The molecule has 3 N–H and O–H groups in total. The number of aryl methyl sites for hydroxylation is 1. The number of benzene rings is 2. The maximum absolute atomic E-state index is 13.9. The number of Topliss-reactive ketones (excluding diaryl/α,β-unsaturated/α-hetero) is 1. The van der Waals surface area contributed by atoms with Crippen molar-refractivity contribution in [1.29, 1.82) is 0 Å². The van der Waals surface area contributed by atoms with Gasteiger partial charge in [-0.1, -0.05) is 28.1 Å². The summed E-state index contributed by atoms with van der Waals surface area (Å²) in [5.74, 6) is -1.25. The molecule has 0 bridgehead atoms. The number of halogens is 1. The number of hydrogen-bond acceptors (Lipinski definition) is 6. The van der Waals surface area contributed by atoms with Gasteiger partial charge in [0.2, 0.25) is 5.91 Å². The molecule has 2 aromatic carbocycles. The number of carbonyl (C=O) groups excluding carboxylic acids is 3. The molecule has 5 rings (SSSR count). The molecule has 0 aromatic heterocycles. The van der Waals surface area contributed by atoms with E-state index in [1.807, 2.05) is 32.0 Å². The molecule has 0 radical (unpaired) electrons. The first kappa shape index (κ1) is 23.4. The van der Waals surface area contributed by atoms with Gasteiger partial charge in [0.05, 0.1) is 12.3 Å². The maximum Gasteiger partial charge on any atom is 0.339 e. The average molecular weight is 536 g/mol.